The van der Waals surface area contributed by atoms with Crippen LogP contribution in [0.5, 0.6) is 0 Å². The minimum absolute atomic E-state index is 0.119. The molecule has 0 aliphatic rings. The number of aldehydes is 1. The van der Waals surface area contributed by atoms with Gasteiger partial charge in [-0.1, -0.05) is 17.7 Å². The molecule has 0 bridgehead atoms. The van der Waals surface area contributed by atoms with Gasteiger partial charge in [-0.15, -0.1) is 0 Å². The van der Waals surface area contributed by atoms with Crippen molar-refractivity contribution in [1.82, 2.24) is 13.9 Å². The van der Waals surface area contributed by atoms with E-state index in [1.54, 1.807) is 30.3 Å². The van der Waals surface area contributed by atoms with Crippen LogP contribution >= 0.6 is 0 Å². The van der Waals surface area contributed by atoms with E-state index in [1.807, 2.05) is 6.92 Å². The molecule has 0 saturated carbocycles. The summed E-state index contributed by atoms with van der Waals surface area (Å²) in [4.78, 5) is 19.0. The van der Waals surface area contributed by atoms with Crippen LogP contribution in [-0.2, 0) is 21.2 Å². The molecule has 0 unspecified atom stereocenters. The van der Waals surface area contributed by atoms with E-state index in [4.69, 9.17) is 0 Å². The molecule has 0 spiro atoms. The molecule has 0 atom stereocenters. The average molecular weight is 315 g/mol. The Morgan fingerprint density at radius 3 is 2.55 bits per heavy atom. The maximum Gasteiger partial charge on any atom is 0.269 e. The third kappa shape index (κ3) is 2.29. The molecule has 3 aromatic rings. The fourth-order valence-corrected chi connectivity index (χ4v) is 3.54. The van der Waals surface area contributed by atoms with E-state index in [0.717, 1.165) is 15.8 Å². The fraction of sp³-hybridized carbons (Fsp3) is 0.133. The van der Waals surface area contributed by atoms with Crippen molar-refractivity contribution in [2.45, 2.75) is 18.2 Å². The maximum absolute atomic E-state index is 12.7. The molecule has 0 amide bonds. The van der Waals surface area contributed by atoms with Crippen LogP contribution in [0.3, 0.4) is 0 Å². The van der Waals surface area contributed by atoms with Gasteiger partial charge in [0.15, 0.2) is 5.65 Å². The topological polar surface area (TPSA) is 81.9 Å². The van der Waals surface area contributed by atoms with Crippen LogP contribution in [-0.4, -0.2) is 28.6 Å². The number of rotatable bonds is 4. The zero-order chi connectivity index (χ0) is 15.7. The first-order chi connectivity index (χ1) is 10.5. The van der Waals surface area contributed by atoms with E-state index in [0.29, 0.717) is 11.1 Å². The Bertz CT molecular complexity index is 944. The van der Waals surface area contributed by atoms with E-state index >= 15 is 0 Å². The van der Waals surface area contributed by atoms with Gasteiger partial charge in [0.2, 0.25) is 0 Å². The molecule has 22 heavy (non-hydrogen) atoms. The van der Waals surface area contributed by atoms with Crippen LogP contribution in [0.1, 0.15) is 11.3 Å². The van der Waals surface area contributed by atoms with Crippen LogP contribution in [0, 0.1) is 6.92 Å². The molecule has 2 heterocycles. The number of hydrogen-bond donors (Lipinski definition) is 0. The fourth-order valence-electron chi connectivity index (χ4n) is 2.24. The second kappa shape index (κ2) is 5.34. The number of carbonyl (C=O) groups excluding carboxylic acids is 1. The molecule has 2 aromatic heterocycles. The van der Waals surface area contributed by atoms with Gasteiger partial charge in [-0.2, -0.15) is 0 Å². The lowest BCUT2D eigenvalue weighted by atomic mass is 10.2. The van der Waals surface area contributed by atoms with Crippen molar-refractivity contribution in [3.05, 3.63) is 54.1 Å². The van der Waals surface area contributed by atoms with Crippen LogP contribution in [0.25, 0.3) is 11.0 Å². The Morgan fingerprint density at radius 1 is 1.14 bits per heavy atom. The highest BCUT2D eigenvalue weighted by molar-refractivity contribution is 7.90. The third-order valence-corrected chi connectivity index (χ3v) is 5.07. The van der Waals surface area contributed by atoms with Crippen LogP contribution < -0.4 is 0 Å². The summed E-state index contributed by atoms with van der Waals surface area (Å²) in [5.41, 5.74) is 1.76. The Labute approximate surface area is 127 Å². The van der Waals surface area contributed by atoms with Crippen molar-refractivity contribution < 1.29 is 13.2 Å². The molecule has 0 radical (unpaired) electrons. The Morgan fingerprint density at radius 2 is 1.86 bits per heavy atom. The molecular weight excluding hydrogens is 302 g/mol. The van der Waals surface area contributed by atoms with Crippen molar-refractivity contribution in [2.75, 3.05) is 0 Å². The minimum atomic E-state index is -3.73. The first-order valence-corrected chi connectivity index (χ1v) is 8.05. The lowest BCUT2D eigenvalue weighted by molar-refractivity contribution is -0.107. The number of fused-ring (bicyclic) bond motifs is 1. The molecule has 1 aromatic carbocycles. The Balaban J connectivity index is 2.19. The predicted molar refractivity (Wildman–Crippen MR) is 81.1 cm³/mol. The highest BCUT2D eigenvalue weighted by Crippen LogP contribution is 2.22. The van der Waals surface area contributed by atoms with Gasteiger partial charge < -0.3 is 4.79 Å². The molecule has 0 saturated heterocycles. The monoisotopic (exact) mass is 315 g/mol. The number of aromatic nitrogens is 3. The molecule has 0 aliphatic carbocycles. The first-order valence-electron chi connectivity index (χ1n) is 6.61. The summed E-state index contributed by atoms with van der Waals surface area (Å²) in [6, 6.07) is 8.21. The van der Waals surface area contributed by atoms with Gasteiger partial charge in [-0.25, -0.2) is 22.4 Å². The highest BCUT2D eigenvalue weighted by Gasteiger charge is 2.20. The summed E-state index contributed by atoms with van der Waals surface area (Å²) < 4.78 is 26.6. The van der Waals surface area contributed by atoms with Gasteiger partial charge >= 0.3 is 0 Å². The van der Waals surface area contributed by atoms with Gasteiger partial charge in [0, 0.05) is 18.0 Å². The number of hydrogen-bond acceptors (Lipinski definition) is 5. The van der Waals surface area contributed by atoms with Crippen molar-refractivity contribution in [3.8, 4) is 0 Å². The van der Waals surface area contributed by atoms with E-state index < -0.39 is 10.0 Å². The molecule has 3 rings (SSSR count). The number of aryl methyl sites for hydroxylation is 1. The van der Waals surface area contributed by atoms with Gasteiger partial charge in [-0.05, 0) is 25.1 Å². The number of nitrogens with zero attached hydrogens (tertiary/aromatic N) is 3. The van der Waals surface area contributed by atoms with Crippen LogP contribution in [0.15, 0.2) is 47.8 Å². The van der Waals surface area contributed by atoms with Gasteiger partial charge in [-0.3, -0.25) is 0 Å². The summed E-state index contributed by atoms with van der Waals surface area (Å²) in [7, 11) is -3.73. The summed E-state index contributed by atoms with van der Waals surface area (Å²) in [6.07, 6.45) is 3.55. The highest BCUT2D eigenvalue weighted by atomic mass is 32.2. The Kier molecular flexibility index (Phi) is 3.50. The zero-order valence-electron chi connectivity index (χ0n) is 11.8. The van der Waals surface area contributed by atoms with Crippen molar-refractivity contribution in [2.24, 2.45) is 0 Å². The molecule has 0 fully saturated rings. The lowest BCUT2D eigenvalue weighted by Gasteiger charge is -2.07. The largest absolute Gasteiger partial charge is 0.303 e. The summed E-state index contributed by atoms with van der Waals surface area (Å²) >= 11 is 0. The molecule has 7 heteroatoms. The molecule has 6 nitrogen and oxygen atoms in total. The summed E-state index contributed by atoms with van der Waals surface area (Å²) in [6.45, 7) is 1.89. The van der Waals surface area contributed by atoms with Crippen molar-refractivity contribution in [1.29, 1.82) is 0 Å². The standard InChI is InChI=1S/C15H13N3O3S/c1-11-2-4-12(5-3-11)22(20,21)18-8-6-13-14(7-9-19)16-10-17-15(13)18/h2-6,8-10H,7H2,1H3. The quantitative estimate of drug-likeness (QED) is 0.685. The van der Waals surface area contributed by atoms with Crippen molar-refractivity contribution >= 4 is 27.3 Å². The number of carbonyl (C=O) groups is 1. The van der Waals surface area contributed by atoms with Crippen LogP contribution in [0.2, 0.25) is 0 Å². The molecular formula is C15H13N3O3S. The van der Waals surface area contributed by atoms with E-state index in [9.17, 15) is 13.2 Å². The van der Waals surface area contributed by atoms with E-state index in [1.165, 1.54) is 12.5 Å². The Hall–Kier alpha value is -2.54. The smallest absolute Gasteiger partial charge is 0.269 e. The molecule has 0 N–H and O–H groups in total. The molecule has 0 aliphatic heterocycles. The van der Waals surface area contributed by atoms with E-state index in [2.05, 4.69) is 9.97 Å². The maximum atomic E-state index is 12.7. The molecule has 112 valence electrons. The summed E-state index contributed by atoms with van der Waals surface area (Å²) in [5, 5.41) is 0.560. The zero-order valence-corrected chi connectivity index (χ0v) is 12.6. The van der Waals surface area contributed by atoms with E-state index in [-0.39, 0.29) is 17.0 Å². The SMILES string of the molecule is Cc1ccc(S(=O)(=O)n2ccc3c(CC=O)ncnc32)cc1. The minimum Gasteiger partial charge on any atom is -0.303 e. The normalized spacial score (nSPS) is 11.7. The van der Waals surface area contributed by atoms with Gasteiger partial charge in [0.1, 0.15) is 12.6 Å². The van der Waals surface area contributed by atoms with Crippen molar-refractivity contribution in [3.63, 3.8) is 0 Å². The second-order valence-corrected chi connectivity index (χ2v) is 6.67. The summed E-state index contributed by atoms with van der Waals surface area (Å²) in [5.74, 6) is 0. The third-order valence-electron chi connectivity index (χ3n) is 3.39. The van der Waals surface area contributed by atoms with Crippen LogP contribution in [0.4, 0.5) is 0 Å². The predicted octanol–water partition coefficient (Wildman–Crippen LogP) is 1.72. The lowest BCUT2D eigenvalue weighted by Crippen LogP contribution is -2.12. The van der Waals surface area contributed by atoms with Gasteiger partial charge in [0.25, 0.3) is 10.0 Å². The number of benzene rings is 1. The first kappa shape index (κ1) is 14.4. The average Bonchev–Trinajstić information content (AvgIpc) is 2.94. The second-order valence-electron chi connectivity index (χ2n) is 4.86. The van der Waals surface area contributed by atoms with Gasteiger partial charge in [0.05, 0.1) is 10.6 Å².